The first-order chi connectivity index (χ1) is 16.3. The van der Waals surface area contributed by atoms with Crippen LogP contribution in [0.2, 0.25) is 0 Å². The highest BCUT2D eigenvalue weighted by Gasteiger charge is 2.38. The van der Waals surface area contributed by atoms with Gasteiger partial charge in [-0.15, -0.1) is 0 Å². The summed E-state index contributed by atoms with van der Waals surface area (Å²) in [4.78, 5) is 0.649. The van der Waals surface area contributed by atoms with Crippen LogP contribution in [0.3, 0.4) is 0 Å². The largest absolute Gasteiger partial charge is 0.497 e. The second kappa shape index (κ2) is 10.6. The number of piperidine rings is 1. The molecule has 0 atom stereocenters. The Morgan fingerprint density at radius 2 is 1.29 bits per heavy atom. The minimum absolute atomic E-state index is 0.0453. The lowest BCUT2D eigenvalue weighted by atomic mass is 9.89. The van der Waals surface area contributed by atoms with Gasteiger partial charge in [0.25, 0.3) is 0 Å². The lowest BCUT2D eigenvalue weighted by Crippen LogP contribution is -2.43. The summed E-state index contributed by atoms with van der Waals surface area (Å²) >= 11 is 0. The van der Waals surface area contributed by atoms with Crippen molar-refractivity contribution in [2.75, 3.05) is 20.2 Å². The fraction of sp³-hybridized carbons (Fsp3) is 0.556. The fourth-order valence-electron chi connectivity index (χ4n) is 4.66. The van der Waals surface area contributed by atoms with Crippen LogP contribution in [0.5, 0.6) is 5.75 Å². The zero-order chi connectivity index (χ0) is 26.1. The summed E-state index contributed by atoms with van der Waals surface area (Å²) in [5.41, 5.74) is 2.82. The van der Waals surface area contributed by atoms with Crippen molar-refractivity contribution in [3.63, 3.8) is 0 Å². The third-order valence-electron chi connectivity index (χ3n) is 6.91. The Balaban J connectivity index is 1.92. The van der Waals surface area contributed by atoms with E-state index in [4.69, 9.17) is 4.74 Å². The molecule has 0 unspecified atom stereocenters. The molecule has 1 aliphatic heterocycles. The third-order valence-corrected chi connectivity index (χ3v) is 11.2. The predicted octanol–water partition coefficient (Wildman–Crippen LogP) is 5.69. The average Bonchev–Trinajstić information content (AvgIpc) is 2.83. The van der Waals surface area contributed by atoms with Gasteiger partial charge in [0.2, 0.25) is 10.0 Å². The molecule has 0 radical (unpaired) electrons. The van der Waals surface area contributed by atoms with Gasteiger partial charge in [0.15, 0.2) is 9.84 Å². The van der Waals surface area contributed by atoms with Crippen LogP contribution >= 0.6 is 0 Å². The van der Waals surface area contributed by atoms with Crippen molar-refractivity contribution in [1.29, 1.82) is 0 Å². The van der Waals surface area contributed by atoms with E-state index in [0.717, 1.165) is 16.7 Å². The summed E-state index contributed by atoms with van der Waals surface area (Å²) in [6, 6.07) is 10.4. The van der Waals surface area contributed by atoms with E-state index in [9.17, 15) is 16.8 Å². The topological polar surface area (TPSA) is 80.8 Å². The fourth-order valence-corrected chi connectivity index (χ4v) is 8.52. The monoisotopic (exact) mass is 521 g/mol. The van der Waals surface area contributed by atoms with E-state index in [1.807, 2.05) is 39.8 Å². The van der Waals surface area contributed by atoms with Gasteiger partial charge in [0.1, 0.15) is 5.75 Å². The lowest BCUT2D eigenvalue weighted by Gasteiger charge is -2.33. The van der Waals surface area contributed by atoms with Crippen molar-refractivity contribution >= 4 is 19.9 Å². The van der Waals surface area contributed by atoms with Crippen LogP contribution in [0, 0.1) is 0 Å². The van der Waals surface area contributed by atoms with E-state index in [1.165, 1.54) is 11.4 Å². The number of hydrogen-bond donors (Lipinski definition) is 0. The van der Waals surface area contributed by atoms with Crippen LogP contribution in [-0.4, -0.2) is 46.6 Å². The SMILES string of the molecule is COc1ccc(S(=O)(=O)C2CCN(S(=O)(=O)c3c(C(C)C)cc(C(C)C)cc3C(C)C)CC2)cc1. The molecular weight excluding hydrogens is 482 g/mol. The molecule has 0 spiro atoms. The van der Waals surface area contributed by atoms with E-state index < -0.39 is 25.1 Å². The molecule has 6 nitrogen and oxygen atoms in total. The quantitative estimate of drug-likeness (QED) is 0.446. The molecule has 0 N–H and O–H groups in total. The van der Waals surface area contributed by atoms with Crippen molar-refractivity contribution in [3.8, 4) is 5.75 Å². The number of sulfone groups is 1. The smallest absolute Gasteiger partial charge is 0.243 e. The maximum absolute atomic E-state index is 14.0. The maximum atomic E-state index is 14.0. The third kappa shape index (κ3) is 5.59. The van der Waals surface area contributed by atoms with E-state index in [2.05, 4.69) is 13.8 Å². The molecule has 2 aromatic carbocycles. The molecule has 1 heterocycles. The van der Waals surface area contributed by atoms with Gasteiger partial charge in [0.05, 0.1) is 22.2 Å². The molecule has 0 aliphatic carbocycles. The molecule has 1 fully saturated rings. The van der Waals surface area contributed by atoms with Crippen molar-refractivity contribution in [3.05, 3.63) is 53.1 Å². The summed E-state index contributed by atoms with van der Waals surface area (Å²) in [5, 5.41) is -0.611. The van der Waals surface area contributed by atoms with Crippen LogP contribution in [0.25, 0.3) is 0 Å². The Kier molecular flexibility index (Phi) is 8.39. The van der Waals surface area contributed by atoms with E-state index >= 15 is 0 Å². The Hall–Kier alpha value is -1.90. The predicted molar refractivity (Wildman–Crippen MR) is 141 cm³/mol. The Bertz CT molecular complexity index is 1210. The molecule has 0 aromatic heterocycles. The van der Waals surface area contributed by atoms with Gasteiger partial charge in [-0.05, 0) is 71.6 Å². The molecular formula is C27H39NO5S2. The highest BCUT2D eigenvalue weighted by atomic mass is 32.2. The molecule has 0 bridgehead atoms. The zero-order valence-corrected chi connectivity index (χ0v) is 23.5. The van der Waals surface area contributed by atoms with Crippen LogP contribution in [0.4, 0.5) is 0 Å². The first kappa shape index (κ1) is 27.7. The number of hydrogen-bond acceptors (Lipinski definition) is 5. The van der Waals surface area contributed by atoms with Crippen molar-refractivity contribution in [2.45, 2.75) is 87.2 Å². The number of rotatable bonds is 8. The van der Waals surface area contributed by atoms with Crippen LogP contribution in [0.1, 0.15) is 88.8 Å². The minimum Gasteiger partial charge on any atom is -0.497 e. The highest BCUT2D eigenvalue weighted by molar-refractivity contribution is 7.92. The number of ether oxygens (including phenoxy) is 1. The second-order valence-electron chi connectivity index (χ2n) is 10.3. The first-order valence-corrected chi connectivity index (χ1v) is 15.3. The second-order valence-corrected chi connectivity index (χ2v) is 14.4. The normalized spacial score (nSPS) is 16.4. The van der Waals surface area contributed by atoms with E-state index in [-0.39, 0.29) is 42.7 Å². The zero-order valence-electron chi connectivity index (χ0n) is 21.9. The van der Waals surface area contributed by atoms with Crippen molar-refractivity contribution < 1.29 is 21.6 Å². The highest BCUT2D eigenvalue weighted by Crippen LogP contribution is 2.38. The standard InChI is InChI=1S/C27H39NO5S2/c1-18(2)21-16-25(19(3)4)27(26(17-21)20(5)6)35(31,32)28-14-12-24(13-15-28)34(29,30)23-10-8-22(33-7)9-11-23/h8-11,16-20,24H,12-15H2,1-7H3. The molecule has 194 valence electrons. The molecule has 1 aliphatic rings. The minimum atomic E-state index is -3.78. The number of sulfonamides is 1. The Morgan fingerprint density at radius 3 is 1.69 bits per heavy atom. The molecule has 8 heteroatoms. The molecule has 0 saturated carbocycles. The molecule has 1 saturated heterocycles. The average molecular weight is 522 g/mol. The van der Waals surface area contributed by atoms with Crippen molar-refractivity contribution in [2.24, 2.45) is 0 Å². The molecule has 35 heavy (non-hydrogen) atoms. The summed E-state index contributed by atoms with van der Waals surface area (Å²) in [7, 11) is -5.80. The molecule has 0 amide bonds. The number of methoxy groups -OCH3 is 1. The van der Waals surface area contributed by atoms with Gasteiger partial charge < -0.3 is 4.74 Å². The van der Waals surface area contributed by atoms with Crippen LogP contribution in [0.15, 0.2) is 46.2 Å². The number of benzene rings is 2. The van der Waals surface area contributed by atoms with Gasteiger partial charge >= 0.3 is 0 Å². The Labute approximate surface area is 211 Å². The van der Waals surface area contributed by atoms with Gasteiger partial charge in [-0.2, -0.15) is 4.31 Å². The van der Waals surface area contributed by atoms with E-state index in [1.54, 1.807) is 24.3 Å². The molecule has 3 rings (SSSR count). The summed E-state index contributed by atoms with van der Waals surface area (Å²) in [6.07, 6.45) is 0.539. The van der Waals surface area contributed by atoms with Gasteiger partial charge in [-0.1, -0.05) is 53.7 Å². The maximum Gasteiger partial charge on any atom is 0.243 e. The van der Waals surface area contributed by atoms with E-state index in [0.29, 0.717) is 16.6 Å². The van der Waals surface area contributed by atoms with Gasteiger partial charge in [0, 0.05) is 13.1 Å². The van der Waals surface area contributed by atoms with Gasteiger partial charge in [-0.3, -0.25) is 0 Å². The van der Waals surface area contributed by atoms with Gasteiger partial charge in [-0.25, -0.2) is 16.8 Å². The van der Waals surface area contributed by atoms with Crippen LogP contribution in [-0.2, 0) is 19.9 Å². The molecule has 2 aromatic rings. The summed E-state index contributed by atoms with van der Waals surface area (Å²) < 4.78 is 60.9. The summed E-state index contributed by atoms with van der Waals surface area (Å²) in [5.74, 6) is 0.976. The number of nitrogens with zero attached hydrogens (tertiary/aromatic N) is 1. The summed E-state index contributed by atoms with van der Waals surface area (Å²) in [6.45, 7) is 12.7. The van der Waals surface area contributed by atoms with Crippen molar-refractivity contribution in [1.82, 2.24) is 4.31 Å². The Morgan fingerprint density at radius 1 is 0.800 bits per heavy atom. The lowest BCUT2D eigenvalue weighted by molar-refractivity contribution is 0.344. The van der Waals surface area contributed by atoms with Crippen LogP contribution < -0.4 is 4.74 Å². The first-order valence-electron chi connectivity index (χ1n) is 12.4.